The van der Waals surface area contributed by atoms with E-state index in [2.05, 4.69) is 47.5 Å². The Morgan fingerprint density at radius 2 is 1.61 bits per heavy atom. The van der Waals surface area contributed by atoms with Crippen LogP contribution in [0.25, 0.3) is 0 Å². The molecule has 2 atom stereocenters. The lowest BCUT2D eigenvalue weighted by atomic mass is 9.91. The highest BCUT2D eigenvalue weighted by Crippen LogP contribution is 2.42. The van der Waals surface area contributed by atoms with Crippen molar-refractivity contribution in [1.29, 1.82) is 0 Å². The minimum Gasteiger partial charge on any atom is -0.493 e. The largest absolute Gasteiger partial charge is 0.493 e. The van der Waals surface area contributed by atoms with Gasteiger partial charge in [0.2, 0.25) is 5.91 Å². The number of carbonyl (C=O) groups is 1. The lowest BCUT2D eigenvalue weighted by Crippen LogP contribution is -2.43. The summed E-state index contributed by atoms with van der Waals surface area (Å²) in [6.45, 7) is 3.53. The van der Waals surface area contributed by atoms with E-state index in [-0.39, 0.29) is 11.9 Å². The first kappa shape index (κ1) is 30.6. The fraction of sp³-hybridized carbons (Fsp3) is 0.424. The van der Waals surface area contributed by atoms with Gasteiger partial charge in [-0.1, -0.05) is 43.3 Å². The van der Waals surface area contributed by atoms with E-state index in [1.165, 1.54) is 5.56 Å². The van der Waals surface area contributed by atoms with Crippen molar-refractivity contribution >= 4 is 17.7 Å². The molecule has 1 amide bonds. The lowest BCUT2D eigenvalue weighted by Gasteiger charge is -2.37. The zero-order valence-electron chi connectivity index (χ0n) is 24.8. The molecule has 1 N–H and O–H groups in total. The summed E-state index contributed by atoms with van der Waals surface area (Å²) in [4.78, 5) is 16.4. The Hall–Kier alpha value is -3.36. The van der Waals surface area contributed by atoms with Gasteiger partial charge in [-0.25, -0.2) is 0 Å². The topological polar surface area (TPSA) is 69.3 Å². The van der Waals surface area contributed by atoms with Crippen LogP contribution < -0.4 is 24.3 Å². The van der Waals surface area contributed by atoms with E-state index in [4.69, 9.17) is 18.9 Å². The first-order valence-electron chi connectivity index (χ1n) is 14.2. The molecule has 3 aromatic carbocycles. The second-order valence-electron chi connectivity index (χ2n) is 9.96. The van der Waals surface area contributed by atoms with Crippen LogP contribution in [0, 0.1) is 0 Å². The highest BCUT2D eigenvalue weighted by molar-refractivity contribution is 7.99. The molecule has 0 aliphatic carbocycles. The van der Waals surface area contributed by atoms with Gasteiger partial charge in [-0.05, 0) is 71.5 Å². The van der Waals surface area contributed by atoms with Crippen LogP contribution in [0.5, 0.6) is 23.0 Å². The maximum atomic E-state index is 14.0. The van der Waals surface area contributed by atoms with Crippen LogP contribution >= 0.6 is 11.8 Å². The number of methoxy groups -OCH3 is 4. The molecule has 0 bridgehead atoms. The third-order valence-corrected chi connectivity index (χ3v) is 8.49. The van der Waals surface area contributed by atoms with Gasteiger partial charge in [0.25, 0.3) is 0 Å². The number of carbonyl (C=O) groups excluding carboxylic acids is 1. The number of benzene rings is 3. The van der Waals surface area contributed by atoms with E-state index < -0.39 is 6.04 Å². The van der Waals surface area contributed by atoms with Gasteiger partial charge in [-0.2, -0.15) is 11.8 Å². The number of amides is 1. The van der Waals surface area contributed by atoms with Gasteiger partial charge in [0, 0.05) is 24.9 Å². The van der Waals surface area contributed by atoms with Crippen LogP contribution in [0.4, 0.5) is 0 Å². The summed E-state index contributed by atoms with van der Waals surface area (Å²) in [5, 5.41) is 3.23. The van der Waals surface area contributed by atoms with Gasteiger partial charge in [-0.15, -0.1) is 0 Å². The minimum absolute atomic E-state index is 0.0224. The predicted octanol–water partition coefficient (Wildman–Crippen LogP) is 5.86. The van der Waals surface area contributed by atoms with Gasteiger partial charge in [0.1, 0.15) is 6.04 Å². The molecule has 0 fully saturated rings. The molecule has 4 rings (SSSR count). The molecule has 0 spiro atoms. The van der Waals surface area contributed by atoms with Crippen LogP contribution in [-0.2, 0) is 17.6 Å². The molecular weight excluding hydrogens is 536 g/mol. The summed E-state index contributed by atoms with van der Waals surface area (Å²) in [5.41, 5.74) is 4.42. The number of ether oxygens (including phenoxy) is 4. The van der Waals surface area contributed by atoms with E-state index in [9.17, 15) is 4.79 Å². The number of hydrogen-bond acceptors (Lipinski definition) is 7. The first-order valence-corrected chi connectivity index (χ1v) is 15.3. The van der Waals surface area contributed by atoms with Gasteiger partial charge >= 0.3 is 0 Å². The molecule has 1 aliphatic heterocycles. The van der Waals surface area contributed by atoms with Crippen LogP contribution in [0.15, 0.2) is 60.7 Å². The number of nitrogens with one attached hydrogen (secondary N) is 1. The highest BCUT2D eigenvalue weighted by Gasteiger charge is 2.36. The molecule has 7 nitrogen and oxygen atoms in total. The van der Waals surface area contributed by atoms with Crippen molar-refractivity contribution in [3.05, 3.63) is 82.9 Å². The third-order valence-electron chi connectivity index (χ3n) is 7.59. The Morgan fingerprint density at radius 3 is 2.29 bits per heavy atom. The van der Waals surface area contributed by atoms with Crippen molar-refractivity contribution in [2.45, 2.75) is 38.3 Å². The normalized spacial score (nSPS) is 15.8. The van der Waals surface area contributed by atoms with Gasteiger partial charge in [0.15, 0.2) is 23.0 Å². The number of rotatable bonds is 13. The molecule has 3 aromatic rings. The maximum absolute atomic E-state index is 14.0. The molecule has 0 radical (unpaired) electrons. The number of aryl methyl sites for hydroxylation is 1. The first-order chi connectivity index (χ1) is 20.0. The molecule has 0 saturated heterocycles. The summed E-state index contributed by atoms with van der Waals surface area (Å²) < 4.78 is 22.5. The van der Waals surface area contributed by atoms with Gasteiger partial charge in [0.05, 0.1) is 28.4 Å². The van der Waals surface area contributed by atoms with Crippen molar-refractivity contribution in [3.63, 3.8) is 0 Å². The summed E-state index contributed by atoms with van der Waals surface area (Å²) >= 11 is 1.83. The quantitative estimate of drug-likeness (QED) is 0.255. The highest BCUT2D eigenvalue weighted by atomic mass is 32.2. The number of thioether (sulfide) groups is 1. The number of nitrogens with zero attached hydrogens (tertiary/aromatic N) is 1. The van der Waals surface area contributed by atoms with E-state index in [1.54, 1.807) is 28.4 Å². The summed E-state index contributed by atoms with van der Waals surface area (Å²) in [5.74, 6) is 4.71. The molecular formula is C33H42N2O5S. The van der Waals surface area contributed by atoms with Crippen molar-refractivity contribution in [3.8, 4) is 23.0 Å². The molecule has 1 heterocycles. The fourth-order valence-electron chi connectivity index (χ4n) is 5.63. The molecule has 0 saturated carbocycles. The fourth-order valence-corrected chi connectivity index (χ4v) is 6.17. The SMILES string of the molecule is CCSCCNC(=O)C(c1ccccc1)N1CCCc2cc(OC)c(OC)cc2C1Cc1ccc(OC)c(OC)c1. The summed E-state index contributed by atoms with van der Waals surface area (Å²) in [6.07, 6.45) is 2.46. The standard InChI is InChI=1S/C33H42N2O5S/c1-6-41-18-16-34-33(36)32(24-11-8-7-9-12-24)35-17-10-13-25-21-30(39-4)31(40-5)22-26(25)27(35)19-23-14-15-28(37-2)29(20-23)38-3/h7-9,11-12,14-15,20-22,27,32H,6,10,13,16-19H2,1-5H3,(H,34,36). The van der Waals surface area contributed by atoms with Gasteiger partial charge in [-0.3, -0.25) is 9.69 Å². The molecule has 0 aromatic heterocycles. The summed E-state index contributed by atoms with van der Waals surface area (Å²) in [7, 11) is 6.62. The second-order valence-corrected chi connectivity index (χ2v) is 11.4. The van der Waals surface area contributed by atoms with Crippen LogP contribution in [0.1, 0.15) is 47.7 Å². The monoisotopic (exact) mass is 578 g/mol. The second kappa shape index (κ2) is 15.0. The van der Waals surface area contributed by atoms with Crippen molar-refractivity contribution in [2.24, 2.45) is 0 Å². The Bertz CT molecular complexity index is 1290. The lowest BCUT2D eigenvalue weighted by molar-refractivity contribution is -0.127. The van der Waals surface area contributed by atoms with Crippen molar-refractivity contribution in [1.82, 2.24) is 10.2 Å². The average molecular weight is 579 g/mol. The number of fused-ring (bicyclic) bond motifs is 1. The average Bonchev–Trinajstić information content (AvgIpc) is 3.17. The Kier molecular flexibility index (Phi) is 11.2. The zero-order chi connectivity index (χ0) is 29.2. The predicted molar refractivity (Wildman–Crippen MR) is 166 cm³/mol. The summed E-state index contributed by atoms with van der Waals surface area (Å²) in [6, 6.07) is 19.8. The molecule has 2 unspecified atom stereocenters. The van der Waals surface area contributed by atoms with Crippen molar-refractivity contribution in [2.75, 3.05) is 53.0 Å². The molecule has 1 aliphatic rings. The van der Waals surface area contributed by atoms with E-state index in [0.717, 1.165) is 53.3 Å². The third kappa shape index (κ3) is 7.29. The molecule has 8 heteroatoms. The minimum atomic E-state index is -0.452. The smallest absolute Gasteiger partial charge is 0.242 e. The Balaban J connectivity index is 1.83. The van der Waals surface area contributed by atoms with Crippen molar-refractivity contribution < 1.29 is 23.7 Å². The van der Waals surface area contributed by atoms with E-state index >= 15 is 0 Å². The molecule has 41 heavy (non-hydrogen) atoms. The maximum Gasteiger partial charge on any atom is 0.242 e. The Labute approximate surface area is 248 Å². The van der Waals surface area contributed by atoms with E-state index in [1.807, 2.05) is 42.1 Å². The van der Waals surface area contributed by atoms with E-state index in [0.29, 0.717) is 30.2 Å². The van der Waals surface area contributed by atoms with Crippen LogP contribution in [0.2, 0.25) is 0 Å². The molecule has 220 valence electrons. The Morgan fingerprint density at radius 1 is 0.927 bits per heavy atom. The zero-order valence-corrected chi connectivity index (χ0v) is 25.6. The van der Waals surface area contributed by atoms with Crippen LogP contribution in [-0.4, -0.2) is 63.8 Å². The van der Waals surface area contributed by atoms with Crippen LogP contribution in [0.3, 0.4) is 0 Å². The number of hydrogen-bond donors (Lipinski definition) is 1. The van der Waals surface area contributed by atoms with Gasteiger partial charge < -0.3 is 24.3 Å².